The van der Waals surface area contributed by atoms with E-state index in [2.05, 4.69) is 6.92 Å². The highest BCUT2D eigenvalue weighted by atomic mass is 32.3. The second-order valence-electron chi connectivity index (χ2n) is 2.49. The largest absolute Gasteiger partial charge is 0.394 e. The number of allylic oxidation sites excluding steroid dienone is 1. The third-order valence-corrected chi connectivity index (χ3v) is 1.13. The standard InChI is InChI=1S/C7H13NO.H2O4S/c1-3-4-5-6(2)7(8)9;1-5(2,3)4/h5H,3-4H2,1-2H3,(H2,8,9);(H2,1,2,3,4). The van der Waals surface area contributed by atoms with Crippen LogP contribution in [0.3, 0.4) is 0 Å². The van der Waals surface area contributed by atoms with Gasteiger partial charge in [-0.3, -0.25) is 13.9 Å². The Balaban J connectivity index is 0. The van der Waals surface area contributed by atoms with Gasteiger partial charge in [0.05, 0.1) is 0 Å². The molecule has 0 aromatic carbocycles. The molecule has 0 fully saturated rings. The van der Waals surface area contributed by atoms with Gasteiger partial charge in [0.2, 0.25) is 5.91 Å². The Labute approximate surface area is 83.4 Å². The lowest BCUT2D eigenvalue weighted by molar-refractivity contribution is -0.114. The van der Waals surface area contributed by atoms with E-state index in [0.29, 0.717) is 5.57 Å². The first-order valence-electron chi connectivity index (χ1n) is 3.85. The average molecular weight is 225 g/mol. The number of amides is 1. The van der Waals surface area contributed by atoms with Gasteiger partial charge in [-0.15, -0.1) is 0 Å². The van der Waals surface area contributed by atoms with Gasteiger partial charge in [-0.25, -0.2) is 0 Å². The molecule has 0 unspecified atom stereocenters. The van der Waals surface area contributed by atoms with Gasteiger partial charge in [-0.2, -0.15) is 8.42 Å². The first kappa shape index (κ1) is 15.5. The fourth-order valence-corrected chi connectivity index (χ4v) is 0.461. The van der Waals surface area contributed by atoms with E-state index in [0.717, 1.165) is 12.8 Å². The highest BCUT2D eigenvalue weighted by Crippen LogP contribution is 1.95. The van der Waals surface area contributed by atoms with Crippen molar-refractivity contribution in [3.05, 3.63) is 11.6 Å². The predicted molar refractivity (Wildman–Crippen MR) is 52.0 cm³/mol. The number of hydrogen-bond acceptors (Lipinski definition) is 3. The predicted octanol–water partition coefficient (Wildman–Crippen LogP) is 0.565. The summed E-state index contributed by atoms with van der Waals surface area (Å²) in [5, 5.41) is 0. The van der Waals surface area contributed by atoms with Gasteiger partial charge in [-0.05, 0) is 13.3 Å². The lowest BCUT2D eigenvalue weighted by Gasteiger charge is -1.90. The summed E-state index contributed by atoms with van der Waals surface area (Å²) in [6.45, 7) is 3.79. The molecule has 0 radical (unpaired) electrons. The van der Waals surface area contributed by atoms with Crippen molar-refractivity contribution in [1.29, 1.82) is 0 Å². The van der Waals surface area contributed by atoms with Crippen molar-refractivity contribution in [3.8, 4) is 0 Å². The van der Waals surface area contributed by atoms with Crippen LogP contribution in [-0.4, -0.2) is 23.4 Å². The molecular formula is C7H15NO5S. The van der Waals surface area contributed by atoms with Crippen molar-refractivity contribution in [2.75, 3.05) is 0 Å². The zero-order chi connectivity index (χ0) is 11.8. The maximum atomic E-state index is 10.4. The van der Waals surface area contributed by atoms with E-state index in [1.54, 1.807) is 6.92 Å². The monoisotopic (exact) mass is 225 g/mol. The fraction of sp³-hybridized carbons (Fsp3) is 0.571. The van der Waals surface area contributed by atoms with E-state index in [9.17, 15) is 4.79 Å². The number of unbranched alkanes of at least 4 members (excludes halogenated alkanes) is 1. The van der Waals surface area contributed by atoms with Gasteiger partial charge >= 0.3 is 10.4 Å². The van der Waals surface area contributed by atoms with Gasteiger partial charge in [0.25, 0.3) is 0 Å². The Kier molecular flexibility index (Phi) is 8.31. The molecule has 14 heavy (non-hydrogen) atoms. The second kappa shape index (κ2) is 7.48. The van der Waals surface area contributed by atoms with Gasteiger partial charge < -0.3 is 5.73 Å². The van der Waals surface area contributed by atoms with Crippen LogP contribution in [0.1, 0.15) is 26.7 Å². The van der Waals surface area contributed by atoms with Crippen LogP contribution in [0.2, 0.25) is 0 Å². The molecule has 0 saturated heterocycles. The summed E-state index contributed by atoms with van der Waals surface area (Å²) < 4.78 is 31.6. The van der Waals surface area contributed by atoms with Gasteiger partial charge in [-0.1, -0.05) is 19.4 Å². The lowest BCUT2D eigenvalue weighted by Crippen LogP contribution is -2.11. The number of carbonyl (C=O) groups is 1. The molecule has 0 aliphatic heterocycles. The molecule has 0 aromatic rings. The Hall–Kier alpha value is -0.920. The molecule has 0 aliphatic rings. The molecule has 0 bridgehead atoms. The topological polar surface area (TPSA) is 118 Å². The summed E-state index contributed by atoms with van der Waals surface area (Å²) in [7, 11) is -4.67. The van der Waals surface area contributed by atoms with Crippen LogP contribution in [0.4, 0.5) is 0 Å². The van der Waals surface area contributed by atoms with Crippen LogP contribution in [0.15, 0.2) is 11.6 Å². The van der Waals surface area contributed by atoms with Gasteiger partial charge in [0.1, 0.15) is 0 Å². The number of hydrogen-bond donors (Lipinski definition) is 3. The van der Waals surface area contributed by atoms with E-state index in [1.165, 1.54) is 0 Å². The molecule has 1 amide bonds. The third kappa shape index (κ3) is 22.5. The third-order valence-electron chi connectivity index (χ3n) is 1.13. The number of carbonyl (C=O) groups excluding carboxylic acids is 1. The quantitative estimate of drug-likeness (QED) is 0.479. The molecule has 0 atom stereocenters. The van der Waals surface area contributed by atoms with Crippen LogP contribution in [0.25, 0.3) is 0 Å². The van der Waals surface area contributed by atoms with E-state index >= 15 is 0 Å². The lowest BCUT2D eigenvalue weighted by atomic mass is 10.2. The minimum atomic E-state index is -4.67. The molecule has 0 saturated carbocycles. The maximum Gasteiger partial charge on any atom is 0.394 e. The molecule has 0 spiro atoms. The molecule has 7 heteroatoms. The van der Waals surface area contributed by atoms with Crippen molar-refractivity contribution in [3.63, 3.8) is 0 Å². The summed E-state index contributed by atoms with van der Waals surface area (Å²) >= 11 is 0. The van der Waals surface area contributed by atoms with Crippen LogP contribution >= 0.6 is 0 Å². The highest BCUT2D eigenvalue weighted by molar-refractivity contribution is 7.79. The summed E-state index contributed by atoms with van der Waals surface area (Å²) in [6, 6.07) is 0. The summed E-state index contributed by atoms with van der Waals surface area (Å²) in [5.41, 5.74) is 5.63. The van der Waals surface area contributed by atoms with E-state index < -0.39 is 10.4 Å². The van der Waals surface area contributed by atoms with Crippen LogP contribution < -0.4 is 5.73 Å². The molecular weight excluding hydrogens is 210 g/mol. The molecule has 4 N–H and O–H groups in total. The molecule has 0 aliphatic carbocycles. The minimum Gasteiger partial charge on any atom is -0.366 e. The maximum absolute atomic E-state index is 10.4. The van der Waals surface area contributed by atoms with E-state index in [4.69, 9.17) is 23.3 Å². The van der Waals surface area contributed by atoms with Gasteiger partial charge in [0.15, 0.2) is 0 Å². The summed E-state index contributed by atoms with van der Waals surface area (Å²) in [6.07, 6.45) is 3.86. The van der Waals surface area contributed by atoms with Crippen LogP contribution in [0, 0.1) is 0 Å². The van der Waals surface area contributed by atoms with Crippen molar-refractivity contribution in [2.24, 2.45) is 5.73 Å². The Morgan fingerprint density at radius 3 is 2.00 bits per heavy atom. The molecule has 84 valence electrons. The number of nitrogens with two attached hydrogens (primary N) is 1. The molecule has 0 rings (SSSR count). The van der Waals surface area contributed by atoms with E-state index in [-0.39, 0.29) is 5.91 Å². The Morgan fingerprint density at radius 2 is 1.79 bits per heavy atom. The Bertz CT molecular complexity index is 285. The van der Waals surface area contributed by atoms with Crippen molar-refractivity contribution >= 4 is 16.3 Å². The second-order valence-corrected chi connectivity index (χ2v) is 3.38. The average Bonchev–Trinajstić information content (AvgIpc) is 1.96. The molecule has 0 aromatic heterocycles. The minimum absolute atomic E-state index is 0.316. The fourth-order valence-electron chi connectivity index (χ4n) is 0.461. The van der Waals surface area contributed by atoms with Crippen molar-refractivity contribution in [1.82, 2.24) is 0 Å². The normalized spacial score (nSPS) is 11.6. The molecule has 6 nitrogen and oxygen atoms in total. The Morgan fingerprint density at radius 1 is 1.43 bits per heavy atom. The molecule has 0 heterocycles. The van der Waals surface area contributed by atoms with Crippen molar-refractivity contribution < 1.29 is 22.3 Å². The van der Waals surface area contributed by atoms with Crippen molar-refractivity contribution in [2.45, 2.75) is 26.7 Å². The van der Waals surface area contributed by atoms with E-state index in [1.807, 2.05) is 6.08 Å². The van der Waals surface area contributed by atoms with Gasteiger partial charge in [0, 0.05) is 5.57 Å². The number of rotatable bonds is 3. The first-order chi connectivity index (χ1) is 6.18. The highest BCUT2D eigenvalue weighted by Gasteiger charge is 1.93. The zero-order valence-corrected chi connectivity index (χ0v) is 8.91. The smallest absolute Gasteiger partial charge is 0.366 e. The summed E-state index contributed by atoms with van der Waals surface area (Å²) in [5.74, 6) is -0.316. The van der Waals surface area contributed by atoms with Crippen LogP contribution in [-0.2, 0) is 15.2 Å². The number of primary amides is 1. The SMILES string of the molecule is CCCC=C(C)C(N)=O.O=S(=O)(O)O. The van der Waals surface area contributed by atoms with Crippen LogP contribution in [0.5, 0.6) is 0 Å². The first-order valence-corrected chi connectivity index (χ1v) is 5.24. The zero-order valence-electron chi connectivity index (χ0n) is 8.10. The summed E-state index contributed by atoms with van der Waals surface area (Å²) in [4.78, 5) is 10.4.